The zero-order valence-electron chi connectivity index (χ0n) is 8.32. The van der Waals surface area contributed by atoms with Crippen LogP contribution in [0.15, 0.2) is 30.3 Å². The Morgan fingerprint density at radius 2 is 1.79 bits per heavy atom. The molecule has 0 bridgehead atoms. The Morgan fingerprint density at radius 1 is 1.07 bits per heavy atom. The van der Waals surface area contributed by atoms with Gasteiger partial charge in [0, 0.05) is 0 Å². The summed E-state index contributed by atoms with van der Waals surface area (Å²) in [6.45, 7) is 0.553. The maximum Gasteiger partial charge on any atom is 0.107 e. The van der Waals surface area contributed by atoms with Crippen LogP contribution in [-0.4, -0.2) is 6.10 Å². The van der Waals surface area contributed by atoms with E-state index in [4.69, 9.17) is 9.78 Å². The third-order valence-electron chi connectivity index (χ3n) is 2.57. The van der Waals surface area contributed by atoms with Crippen molar-refractivity contribution in [3.8, 4) is 0 Å². The van der Waals surface area contributed by atoms with Gasteiger partial charge in [0.1, 0.15) is 6.61 Å². The molecular formula is C12H16O2. The Labute approximate surface area is 84.8 Å². The molecule has 1 aromatic rings. The van der Waals surface area contributed by atoms with Crippen LogP contribution in [-0.2, 0) is 16.4 Å². The van der Waals surface area contributed by atoms with Crippen molar-refractivity contribution in [2.24, 2.45) is 0 Å². The van der Waals surface area contributed by atoms with Crippen molar-refractivity contribution >= 4 is 0 Å². The fraction of sp³-hybridized carbons (Fsp3) is 0.500. The SMILES string of the molecule is c1ccc(COOC2CCCC2)cc1. The molecule has 0 saturated heterocycles. The topological polar surface area (TPSA) is 18.5 Å². The molecule has 0 N–H and O–H groups in total. The molecule has 1 aliphatic carbocycles. The average Bonchev–Trinajstić information content (AvgIpc) is 2.72. The zero-order chi connectivity index (χ0) is 9.64. The molecule has 14 heavy (non-hydrogen) atoms. The molecule has 0 heterocycles. The lowest BCUT2D eigenvalue weighted by Gasteiger charge is -2.09. The van der Waals surface area contributed by atoms with E-state index in [9.17, 15) is 0 Å². The molecule has 0 radical (unpaired) electrons. The minimum Gasteiger partial charge on any atom is -0.233 e. The lowest BCUT2D eigenvalue weighted by molar-refractivity contribution is -0.331. The first-order chi connectivity index (χ1) is 6.95. The molecule has 2 rings (SSSR count). The van der Waals surface area contributed by atoms with Gasteiger partial charge in [-0.25, -0.2) is 9.78 Å². The van der Waals surface area contributed by atoms with Crippen LogP contribution in [0.3, 0.4) is 0 Å². The van der Waals surface area contributed by atoms with E-state index in [2.05, 4.69) is 0 Å². The normalized spacial score (nSPS) is 17.4. The fourth-order valence-electron chi connectivity index (χ4n) is 1.76. The van der Waals surface area contributed by atoms with E-state index >= 15 is 0 Å². The Morgan fingerprint density at radius 3 is 2.50 bits per heavy atom. The molecule has 1 saturated carbocycles. The minimum atomic E-state index is 0.332. The van der Waals surface area contributed by atoms with E-state index in [0.717, 1.165) is 18.4 Å². The fourth-order valence-corrected chi connectivity index (χ4v) is 1.76. The zero-order valence-corrected chi connectivity index (χ0v) is 8.32. The highest BCUT2D eigenvalue weighted by Crippen LogP contribution is 2.21. The van der Waals surface area contributed by atoms with Crippen molar-refractivity contribution in [3.63, 3.8) is 0 Å². The summed E-state index contributed by atoms with van der Waals surface area (Å²) in [5, 5.41) is 0. The second-order valence-corrected chi connectivity index (χ2v) is 3.75. The average molecular weight is 192 g/mol. The first kappa shape index (κ1) is 9.69. The van der Waals surface area contributed by atoms with Gasteiger partial charge < -0.3 is 0 Å². The quantitative estimate of drug-likeness (QED) is 0.539. The lowest BCUT2D eigenvalue weighted by atomic mass is 10.2. The molecule has 1 fully saturated rings. The first-order valence-electron chi connectivity index (χ1n) is 5.27. The van der Waals surface area contributed by atoms with Gasteiger partial charge in [0.15, 0.2) is 0 Å². The summed E-state index contributed by atoms with van der Waals surface area (Å²) in [5.41, 5.74) is 1.16. The van der Waals surface area contributed by atoms with Gasteiger partial charge in [-0.15, -0.1) is 0 Å². The van der Waals surface area contributed by atoms with Gasteiger partial charge in [-0.05, 0) is 18.4 Å². The largest absolute Gasteiger partial charge is 0.233 e. The summed E-state index contributed by atoms with van der Waals surface area (Å²) in [7, 11) is 0. The molecule has 0 aromatic heterocycles. The molecule has 76 valence electrons. The third-order valence-corrected chi connectivity index (χ3v) is 2.57. The van der Waals surface area contributed by atoms with Crippen molar-refractivity contribution < 1.29 is 9.78 Å². The number of hydrogen-bond donors (Lipinski definition) is 0. The number of benzene rings is 1. The standard InChI is InChI=1S/C12H16O2/c1-2-6-11(7-3-1)10-13-14-12-8-4-5-9-12/h1-3,6-7,12H,4-5,8-10H2. The summed E-state index contributed by atoms with van der Waals surface area (Å²) in [5.74, 6) is 0. The van der Waals surface area contributed by atoms with Gasteiger partial charge >= 0.3 is 0 Å². The van der Waals surface area contributed by atoms with Gasteiger partial charge in [0.25, 0.3) is 0 Å². The highest BCUT2D eigenvalue weighted by Gasteiger charge is 2.16. The van der Waals surface area contributed by atoms with E-state index in [1.807, 2.05) is 30.3 Å². The lowest BCUT2D eigenvalue weighted by Crippen LogP contribution is -2.07. The predicted octanol–water partition coefficient (Wildman–Crippen LogP) is 3.08. The van der Waals surface area contributed by atoms with Gasteiger partial charge in [-0.2, -0.15) is 0 Å². The van der Waals surface area contributed by atoms with Crippen molar-refractivity contribution in [2.45, 2.75) is 38.4 Å². The number of rotatable bonds is 4. The molecular weight excluding hydrogens is 176 g/mol. The second kappa shape index (κ2) is 5.13. The van der Waals surface area contributed by atoms with Crippen LogP contribution in [0.2, 0.25) is 0 Å². The Bertz CT molecular complexity index is 252. The molecule has 1 aliphatic rings. The van der Waals surface area contributed by atoms with E-state index < -0.39 is 0 Å². The molecule has 0 spiro atoms. The summed E-state index contributed by atoms with van der Waals surface area (Å²) in [4.78, 5) is 10.5. The van der Waals surface area contributed by atoms with E-state index in [-0.39, 0.29) is 0 Å². The van der Waals surface area contributed by atoms with Crippen LogP contribution < -0.4 is 0 Å². The molecule has 0 atom stereocenters. The van der Waals surface area contributed by atoms with E-state index in [1.165, 1.54) is 12.8 Å². The van der Waals surface area contributed by atoms with Crippen LogP contribution in [0.4, 0.5) is 0 Å². The molecule has 0 aliphatic heterocycles. The Balaban J connectivity index is 1.67. The van der Waals surface area contributed by atoms with E-state index in [0.29, 0.717) is 12.7 Å². The first-order valence-corrected chi connectivity index (χ1v) is 5.27. The Hall–Kier alpha value is -0.860. The molecule has 2 nitrogen and oxygen atoms in total. The summed E-state index contributed by atoms with van der Waals surface area (Å²) >= 11 is 0. The Kier molecular flexibility index (Phi) is 3.55. The maximum atomic E-state index is 5.31. The predicted molar refractivity (Wildman–Crippen MR) is 54.6 cm³/mol. The minimum absolute atomic E-state index is 0.332. The summed E-state index contributed by atoms with van der Waals surface area (Å²) < 4.78 is 0. The van der Waals surface area contributed by atoms with Crippen LogP contribution in [0.25, 0.3) is 0 Å². The monoisotopic (exact) mass is 192 g/mol. The van der Waals surface area contributed by atoms with Crippen molar-refractivity contribution in [2.75, 3.05) is 0 Å². The van der Waals surface area contributed by atoms with Gasteiger partial charge in [-0.1, -0.05) is 43.2 Å². The van der Waals surface area contributed by atoms with E-state index in [1.54, 1.807) is 0 Å². The summed E-state index contributed by atoms with van der Waals surface area (Å²) in [6.07, 6.45) is 5.18. The second-order valence-electron chi connectivity index (χ2n) is 3.75. The maximum absolute atomic E-state index is 5.31. The highest BCUT2D eigenvalue weighted by atomic mass is 17.2. The van der Waals surface area contributed by atoms with Crippen molar-refractivity contribution in [1.29, 1.82) is 0 Å². The van der Waals surface area contributed by atoms with Crippen LogP contribution in [0, 0.1) is 0 Å². The van der Waals surface area contributed by atoms with Crippen molar-refractivity contribution in [1.82, 2.24) is 0 Å². The van der Waals surface area contributed by atoms with Crippen LogP contribution >= 0.6 is 0 Å². The third kappa shape index (κ3) is 2.82. The van der Waals surface area contributed by atoms with Crippen LogP contribution in [0.5, 0.6) is 0 Å². The van der Waals surface area contributed by atoms with Crippen molar-refractivity contribution in [3.05, 3.63) is 35.9 Å². The molecule has 0 unspecified atom stereocenters. The van der Waals surface area contributed by atoms with Crippen LogP contribution in [0.1, 0.15) is 31.2 Å². The van der Waals surface area contributed by atoms with Gasteiger partial charge in [0.05, 0.1) is 6.10 Å². The molecule has 0 amide bonds. The summed E-state index contributed by atoms with van der Waals surface area (Å²) in [6, 6.07) is 10.1. The molecule has 1 aromatic carbocycles. The van der Waals surface area contributed by atoms with Gasteiger partial charge in [-0.3, -0.25) is 0 Å². The highest BCUT2D eigenvalue weighted by molar-refractivity contribution is 5.13. The van der Waals surface area contributed by atoms with Gasteiger partial charge in [0.2, 0.25) is 0 Å². The number of hydrogen-bond acceptors (Lipinski definition) is 2. The molecule has 2 heteroatoms. The smallest absolute Gasteiger partial charge is 0.107 e.